The van der Waals surface area contributed by atoms with Gasteiger partial charge in [-0.1, -0.05) is 11.6 Å². The van der Waals surface area contributed by atoms with Gasteiger partial charge in [0.15, 0.2) is 0 Å². The number of likely N-dealkylation sites (tertiary alicyclic amines) is 1. The summed E-state index contributed by atoms with van der Waals surface area (Å²) in [4.78, 5) is 17.2. The first kappa shape index (κ1) is 21.7. The second-order valence-electron chi connectivity index (χ2n) is 9.07. The Balaban J connectivity index is 1.90. The second kappa shape index (κ2) is 8.04. The Morgan fingerprint density at radius 2 is 2.11 bits per heavy atom. The van der Waals surface area contributed by atoms with Gasteiger partial charge in [-0.15, -0.1) is 0 Å². The predicted octanol–water partition coefficient (Wildman–Crippen LogP) is 5.27. The molecule has 0 N–H and O–H groups in total. The molecule has 0 saturated carbocycles. The number of benzene rings is 1. The summed E-state index contributed by atoms with van der Waals surface area (Å²) in [5.74, 6) is 0. The molecular weight excluding hydrogens is 444 g/mol. The summed E-state index contributed by atoms with van der Waals surface area (Å²) in [7, 11) is 1.68. The van der Waals surface area contributed by atoms with Gasteiger partial charge in [-0.05, 0) is 80.6 Å². The van der Waals surface area contributed by atoms with E-state index in [0.29, 0.717) is 13.2 Å². The Kier molecular flexibility index (Phi) is 6.23. The minimum absolute atomic E-state index is 0.198. The molecule has 1 amide bonds. The van der Waals surface area contributed by atoms with E-state index in [1.807, 2.05) is 31.7 Å². The van der Waals surface area contributed by atoms with Crippen LogP contribution >= 0.6 is 27.5 Å². The number of fused-ring (bicyclic) bond motifs is 1. The maximum absolute atomic E-state index is 12.9. The number of carbonyl (C=O) groups excluding carboxylic acids is 1. The highest BCUT2D eigenvalue weighted by atomic mass is 79.9. The number of amides is 1. The van der Waals surface area contributed by atoms with Crippen LogP contribution in [0, 0.1) is 0 Å². The minimum atomic E-state index is -0.527. The molecule has 0 aliphatic carbocycles. The number of aryl methyl sites for hydroxylation is 1. The summed E-state index contributed by atoms with van der Waals surface area (Å²) in [6.45, 7) is 9.83. The van der Waals surface area contributed by atoms with Crippen LogP contribution in [0.1, 0.15) is 46.1 Å². The fourth-order valence-electron chi connectivity index (χ4n) is 4.43. The largest absolute Gasteiger partial charge is 0.444 e. The van der Waals surface area contributed by atoms with Gasteiger partial charge in [0, 0.05) is 35.7 Å². The molecule has 5 nitrogen and oxygen atoms in total. The molecule has 0 spiro atoms. The van der Waals surface area contributed by atoms with E-state index in [4.69, 9.17) is 21.1 Å². The second-order valence-corrected chi connectivity index (χ2v) is 10.4. The number of anilines is 1. The normalized spacial score (nSPS) is 25.0. The fraction of sp³-hybridized carbons (Fsp3) is 0.667. The van der Waals surface area contributed by atoms with Crippen LogP contribution < -0.4 is 4.90 Å². The summed E-state index contributed by atoms with van der Waals surface area (Å²) in [6, 6.07) is 4.21. The van der Waals surface area contributed by atoms with E-state index in [0.717, 1.165) is 35.3 Å². The SMILES string of the molecule is COC[C@]1(C)C[C@H](N2CCCc3cc(Cl)cc(Br)c32)CN1C(=O)OC(C)(C)C. The lowest BCUT2D eigenvalue weighted by Crippen LogP contribution is -2.49. The van der Waals surface area contributed by atoms with Crippen LogP contribution in [0.5, 0.6) is 0 Å². The monoisotopic (exact) mass is 472 g/mol. The molecule has 0 aromatic heterocycles. The number of hydrogen-bond donors (Lipinski definition) is 0. The number of halogens is 2. The molecule has 2 heterocycles. The molecule has 28 heavy (non-hydrogen) atoms. The van der Waals surface area contributed by atoms with Crippen LogP contribution in [0.4, 0.5) is 10.5 Å². The van der Waals surface area contributed by atoms with Crippen molar-refractivity contribution in [1.29, 1.82) is 0 Å². The van der Waals surface area contributed by atoms with Gasteiger partial charge in [0.25, 0.3) is 0 Å². The third-order valence-corrected chi connectivity index (χ3v) is 6.29. The van der Waals surface area contributed by atoms with Gasteiger partial charge in [0.05, 0.1) is 17.8 Å². The van der Waals surface area contributed by atoms with E-state index in [9.17, 15) is 4.79 Å². The molecule has 2 aliphatic heterocycles. The topological polar surface area (TPSA) is 42.0 Å². The first-order chi connectivity index (χ1) is 13.0. The number of ether oxygens (including phenoxy) is 2. The Morgan fingerprint density at radius 3 is 2.75 bits per heavy atom. The molecule has 2 aliphatic rings. The van der Waals surface area contributed by atoms with E-state index in [1.54, 1.807) is 7.11 Å². The van der Waals surface area contributed by atoms with Gasteiger partial charge in [-0.25, -0.2) is 4.79 Å². The Bertz CT molecular complexity index is 752. The van der Waals surface area contributed by atoms with Crippen molar-refractivity contribution in [3.05, 3.63) is 27.2 Å². The van der Waals surface area contributed by atoms with Crippen LogP contribution in [-0.2, 0) is 15.9 Å². The zero-order chi connectivity index (χ0) is 20.7. The number of carbonyl (C=O) groups is 1. The van der Waals surface area contributed by atoms with Gasteiger partial charge >= 0.3 is 6.09 Å². The summed E-state index contributed by atoms with van der Waals surface area (Å²) in [5, 5.41) is 0.749. The molecule has 1 saturated heterocycles. The molecule has 1 fully saturated rings. The number of rotatable bonds is 3. The molecule has 0 bridgehead atoms. The van der Waals surface area contributed by atoms with E-state index < -0.39 is 11.1 Å². The number of hydrogen-bond acceptors (Lipinski definition) is 4. The van der Waals surface area contributed by atoms with Crippen molar-refractivity contribution in [1.82, 2.24) is 4.90 Å². The maximum atomic E-state index is 12.9. The number of nitrogens with zero attached hydrogens (tertiary/aromatic N) is 2. The van der Waals surface area contributed by atoms with E-state index >= 15 is 0 Å². The smallest absolute Gasteiger partial charge is 0.410 e. The summed E-state index contributed by atoms with van der Waals surface area (Å²) >= 11 is 9.98. The summed E-state index contributed by atoms with van der Waals surface area (Å²) < 4.78 is 12.2. The van der Waals surface area contributed by atoms with Crippen molar-refractivity contribution in [3.63, 3.8) is 0 Å². The highest BCUT2D eigenvalue weighted by molar-refractivity contribution is 9.10. The van der Waals surface area contributed by atoms with Crippen LogP contribution in [0.25, 0.3) is 0 Å². The molecule has 0 unspecified atom stereocenters. The highest BCUT2D eigenvalue weighted by Gasteiger charge is 2.48. The molecule has 7 heteroatoms. The lowest BCUT2D eigenvalue weighted by molar-refractivity contribution is -0.00566. The van der Waals surface area contributed by atoms with E-state index in [1.165, 1.54) is 11.3 Å². The third-order valence-electron chi connectivity index (χ3n) is 5.47. The van der Waals surface area contributed by atoms with Gasteiger partial charge in [-0.3, -0.25) is 4.90 Å². The first-order valence-electron chi connectivity index (χ1n) is 9.78. The third kappa shape index (κ3) is 4.44. The predicted molar refractivity (Wildman–Crippen MR) is 116 cm³/mol. The standard InChI is InChI=1S/C21H30BrClN2O3/c1-20(2,3)28-19(26)25-12-16(11-21(25,4)13-27-5)24-8-6-7-14-9-15(23)10-17(22)18(14)24/h9-10,16H,6-8,11-13H2,1-5H3/t16-,21-/m0/s1. The summed E-state index contributed by atoms with van der Waals surface area (Å²) in [5.41, 5.74) is 1.53. The molecular formula is C21H30BrClN2O3. The average Bonchev–Trinajstić information content (AvgIpc) is 2.90. The molecule has 0 radical (unpaired) electrons. The molecule has 1 aromatic carbocycles. The Morgan fingerprint density at radius 1 is 1.39 bits per heavy atom. The van der Waals surface area contributed by atoms with Crippen molar-refractivity contribution >= 4 is 39.3 Å². The molecule has 1 aromatic rings. The van der Waals surface area contributed by atoms with Crippen LogP contribution in [0.3, 0.4) is 0 Å². The van der Waals surface area contributed by atoms with Gasteiger partial charge in [0.2, 0.25) is 0 Å². The van der Waals surface area contributed by atoms with E-state index in [2.05, 4.69) is 33.8 Å². The maximum Gasteiger partial charge on any atom is 0.410 e. The zero-order valence-electron chi connectivity index (χ0n) is 17.3. The Labute approximate surface area is 181 Å². The average molecular weight is 474 g/mol. The highest BCUT2D eigenvalue weighted by Crippen LogP contribution is 2.42. The Hall–Kier alpha value is -0.980. The van der Waals surface area contributed by atoms with Crippen molar-refractivity contribution in [2.45, 2.75) is 64.1 Å². The molecule has 156 valence electrons. The van der Waals surface area contributed by atoms with Crippen LogP contribution in [-0.4, -0.2) is 55.0 Å². The quantitative estimate of drug-likeness (QED) is 0.600. The number of methoxy groups -OCH3 is 1. The van der Waals surface area contributed by atoms with Crippen molar-refractivity contribution in [2.24, 2.45) is 0 Å². The fourth-order valence-corrected chi connectivity index (χ4v) is 5.53. The summed E-state index contributed by atoms with van der Waals surface area (Å²) in [6.07, 6.45) is 2.64. The van der Waals surface area contributed by atoms with Crippen LogP contribution in [0.2, 0.25) is 5.02 Å². The van der Waals surface area contributed by atoms with Gasteiger partial charge in [0.1, 0.15) is 5.60 Å². The van der Waals surface area contributed by atoms with Gasteiger partial charge in [-0.2, -0.15) is 0 Å². The lowest BCUT2D eigenvalue weighted by Gasteiger charge is -2.37. The van der Waals surface area contributed by atoms with Crippen molar-refractivity contribution in [3.8, 4) is 0 Å². The lowest BCUT2D eigenvalue weighted by atomic mass is 9.95. The molecule has 3 rings (SSSR count). The van der Waals surface area contributed by atoms with Gasteiger partial charge < -0.3 is 14.4 Å². The van der Waals surface area contributed by atoms with E-state index in [-0.39, 0.29) is 12.1 Å². The first-order valence-corrected chi connectivity index (χ1v) is 11.0. The zero-order valence-corrected chi connectivity index (χ0v) is 19.7. The molecule has 2 atom stereocenters. The van der Waals surface area contributed by atoms with Crippen molar-refractivity contribution < 1.29 is 14.3 Å². The van der Waals surface area contributed by atoms with Crippen LogP contribution in [0.15, 0.2) is 16.6 Å². The van der Waals surface area contributed by atoms with Crippen molar-refractivity contribution in [2.75, 3.05) is 31.7 Å². The minimum Gasteiger partial charge on any atom is -0.444 e.